The van der Waals surface area contributed by atoms with Crippen molar-refractivity contribution < 1.29 is 13.2 Å². The third-order valence-electron chi connectivity index (χ3n) is 3.75. The monoisotopic (exact) mass is 246 g/mol. The molecule has 1 amide bonds. The molecule has 6 heteroatoms. The van der Waals surface area contributed by atoms with Crippen LogP contribution in [0, 0.1) is 5.92 Å². The minimum atomic E-state index is -2.93. The van der Waals surface area contributed by atoms with Crippen LogP contribution < -0.4 is 5.73 Å². The lowest BCUT2D eigenvalue weighted by Gasteiger charge is -2.29. The number of likely N-dealkylation sites (tertiary alicyclic amines) is 1. The first kappa shape index (κ1) is 11.9. The molecule has 2 fully saturated rings. The molecule has 2 heterocycles. The summed E-state index contributed by atoms with van der Waals surface area (Å²) in [6.07, 6.45) is 1.05. The molecule has 0 bridgehead atoms. The Morgan fingerprint density at radius 2 is 2.19 bits per heavy atom. The molecule has 3 unspecified atom stereocenters. The van der Waals surface area contributed by atoms with E-state index in [1.54, 1.807) is 4.90 Å². The second-order valence-electron chi connectivity index (χ2n) is 4.80. The number of nitrogens with zero attached hydrogens (tertiary/aromatic N) is 1. The normalized spacial score (nSPS) is 38.2. The highest BCUT2D eigenvalue weighted by atomic mass is 32.2. The second-order valence-corrected chi connectivity index (χ2v) is 7.03. The molecule has 2 rings (SSSR count). The number of carbonyl (C=O) groups is 1. The van der Waals surface area contributed by atoms with E-state index < -0.39 is 9.84 Å². The van der Waals surface area contributed by atoms with Gasteiger partial charge in [0, 0.05) is 24.4 Å². The molecule has 0 spiro atoms. The second kappa shape index (κ2) is 4.00. The molecular weight excluding hydrogens is 228 g/mol. The topological polar surface area (TPSA) is 80.5 Å². The maximum atomic E-state index is 11.8. The largest absolute Gasteiger partial charge is 0.336 e. The van der Waals surface area contributed by atoms with Crippen LogP contribution in [0.5, 0.6) is 0 Å². The summed E-state index contributed by atoms with van der Waals surface area (Å²) in [5, 5.41) is 0. The fraction of sp³-hybridized carbons (Fsp3) is 0.900. The van der Waals surface area contributed by atoms with Gasteiger partial charge in [-0.05, 0) is 19.9 Å². The zero-order chi connectivity index (χ0) is 11.9. The molecule has 0 radical (unpaired) electrons. The minimum Gasteiger partial charge on any atom is -0.336 e. The molecular formula is C10H18N2O3S. The van der Waals surface area contributed by atoms with Crippen LogP contribution in [0.15, 0.2) is 0 Å². The van der Waals surface area contributed by atoms with E-state index in [2.05, 4.69) is 0 Å². The smallest absolute Gasteiger partial charge is 0.223 e. The number of carbonyl (C=O) groups excluding carboxylic acids is 1. The third kappa shape index (κ3) is 1.96. The van der Waals surface area contributed by atoms with Crippen molar-refractivity contribution in [2.24, 2.45) is 11.7 Å². The van der Waals surface area contributed by atoms with E-state index in [1.807, 2.05) is 6.92 Å². The first-order valence-electron chi connectivity index (χ1n) is 5.66. The number of rotatable bonds is 2. The maximum absolute atomic E-state index is 11.8. The van der Waals surface area contributed by atoms with E-state index >= 15 is 0 Å². The van der Waals surface area contributed by atoms with Crippen LogP contribution in [0.3, 0.4) is 0 Å². The van der Waals surface area contributed by atoms with Gasteiger partial charge in [0.2, 0.25) is 5.91 Å². The van der Waals surface area contributed by atoms with E-state index in [-0.39, 0.29) is 35.4 Å². The van der Waals surface area contributed by atoms with Gasteiger partial charge in [0.05, 0.1) is 11.5 Å². The van der Waals surface area contributed by atoms with Gasteiger partial charge in [-0.3, -0.25) is 4.79 Å². The summed E-state index contributed by atoms with van der Waals surface area (Å²) in [5.41, 5.74) is 5.60. The van der Waals surface area contributed by atoms with Crippen molar-refractivity contribution in [3.8, 4) is 0 Å². The molecule has 92 valence electrons. The van der Waals surface area contributed by atoms with E-state index in [0.717, 1.165) is 0 Å². The minimum absolute atomic E-state index is 0.0602. The summed E-state index contributed by atoms with van der Waals surface area (Å²) in [5.74, 6) is 0.572. The first-order chi connectivity index (χ1) is 7.44. The van der Waals surface area contributed by atoms with E-state index in [4.69, 9.17) is 5.73 Å². The quantitative estimate of drug-likeness (QED) is 0.703. The highest BCUT2D eigenvalue weighted by Crippen LogP contribution is 2.30. The van der Waals surface area contributed by atoms with Gasteiger partial charge in [0.15, 0.2) is 9.84 Å². The lowest BCUT2D eigenvalue weighted by Crippen LogP contribution is -2.43. The zero-order valence-corrected chi connectivity index (χ0v) is 10.2. The predicted octanol–water partition coefficient (Wildman–Crippen LogP) is -0.631. The highest BCUT2D eigenvalue weighted by molar-refractivity contribution is 7.91. The Morgan fingerprint density at radius 1 is 1.50 bits per heavy atom. The maximum Gasteiger partial charge on any atom is 0.223 e. The number of hydrogen-bond acceptors (Lipinski definition) is 4. The Morgan fingerprint density at radius 3 is 2.62 bits per heavy atom. The summed E-state index contributed by atoms with van der Waals surface area (Å²) in [4.78, 5) is 13.6. The summed E-state index contributed by atoms with van der Waals surface area (Å²) >= 11 is 0. The molecule has 3 atom stereocenters. The van der Waals surface area contributed by atoms with Crippen LogP contribution >= 0.6 is 0 Å². The van der Waals surface area contributed by atoms with E-state index in [0.29, 0.717) is 19.4 Å². The summed E-state index contributed by atoms with van der Waals surface area (Å²) in [6.45, 7) is 2.45. The van der Waals surface area contributed by atoms with Gasteiger partial charge in [-0.2, -0.15) is 0 Å². The van der Waals surface area contributed by atoms with Gasteiger partial charge in [-0.15, -0.1) is 0 Å². The van der Waals surface area contributed by atoms with Crippen molar-refractivity contribution in [1.29, 1.82) is 0 Å². The fourth-order valence-corrected chi connectivity index (χ4v) is 4.48. The highest BCUT2D eigenvalue weighted by Gasteiger charge is 2.43. The lowest BCUT2D eigenvalue weighted by atomic mass is 10.0. The number of amides is 1. The van der Waals surface area contributed by atoms with Crippen molar-refractivity contribution in [3.05, 3.63) is 0 Å². The predicted molar refractivity (Wildman–Crippen MR) is 60.5 cm³/mol. The molecule has 0 aromatic rings. The van der Waals surface area contributed by atoms with Crippen molar-refractivity contribution in [3.63, 3.8) is 0 Å². The van der Waals surface area contributed by atoms with Crippen LogP contribution in [-0.2, 0) is 14.6 Å². The Labute approximate surface area is 95.9 Å². The van der Waals surface area contributed by atoms with E-state index in [1.165, 1.54) is 0 Å². The van der Waals surface area contributed by atoms with Gasteiger partial charge < -0.3 is 10.6 Å². The lowest BCUT2D eigenvalue weighted by molar-refractivity contribution is -0.130. The first-order valence-corrected chi connectivity index (χ1v) is 7.48. The Balaban J connectivity index is 2.13. The molecule has 5 nitrogen and oxygen atoms in total. The van der Waals surface area contributed by atoms with Gasteiger partial charge in [-0.1, -0.05) is 0 Å². The molecule has 2 saturated heterocycles. The van der Waals surface area contributed by atoms with Crippen LogP contribution in [0.25, 0.3) is 0 Å². The number of hydrogen-bond donors (Lipinski definition) is 1. The third-order valence-corrected chi connectivity index (χ3v) is 5.50. The Bertz CT molecular complexity index is 393. The average molecular weight is 246 g/mol. The molecule has 0 aromatic heterocycles. The molecule has 2 aliphatic rings. The van der Waals surface area contributed by atoms with Crippen molar-refractivity contribution >= 4 is 15.7 Å². The number of nitrogens with two attached hydrogens (primary N) is 1. The van der Waals surface area contributed by atoms with Crippen molar-refractivity contribution in [2.75, 3.05) is 18.1 Å². The van der Waals surface area contributed by atoms with Gasteiger partial charge >= 0.3 is 0 Å². The zero-order valence-electron chi connectivity index (χ0n) is 9.43. The van der Waals surface area contributed by atoms with Gasteiger partial charge in [0.25, 0.3) is 0 Å². The van der Waals surface area contributed by atoms with Crippen LogP contribution in [-0.4, -0.2) is 49.4 Å². The van der Waals surface area contributed by atoms with Crippen LogP contribution in [0.2, 0.25) is 0 Å². The van der Waals surface area contributed by atoms with Gasteiger partial charge in [-0.25, -0.2) is 8.42 Å². The molecule has 16 heavy (non-hydrogen) atoms. The Kier molecular flexibility index (Phi) is 2.96. The van der Waals surface area contributed by atoms with Crippen molar-refractivity contribution in [2.45, 2.75) is 31.8 Å². The van der Waals surface area contributed by atoms with Crippen molar-refractivity contribution in [1.82, 2.24) is 4.90 Å². The summed E-state index contributed by atoms with van der Waals surface area (Å²) in [6, 6.07) is -0.0418. The Hall–Kier alpha value is -0.620. The average Bonchev–Trinajstić information content (AvgIpc) is 2.67. The fourth-order valence-electron chi connectivity index (χ4n) is 2.77. The molecule has 0 saturated carbocycles. The van der Waals surface area contributed by atoms with Crippen LogP contribution in [0.1, 0.15) is 19.8 Å². The molecule has 0 aromatic carbocycles. The standard InChI is InChI=1S/C10H18N2O3S/c1-7-8(5-11)4-10(13)12(7)9-2-3-16(14,15)6-9/h7-9H,2-6,11H2,1H3. The summed E-state index contributed by atoms with van der Waals surface area (Å²) in [7, 11) is -2.93. The molecule has 0 aliphatic carbocycles. The van der Waals surface area contributed by atoms with E-state index in [9.17, 15) is 13.2 Å². The molecule has 2 N–H and O–H groups in total. The number of sulfone groups is 1. The SMILES string of the molecule is CC1C(CN)CC(=O)N1C1CCS(=O)(=O)C1. The molecule has 2 aliphatic heterocycles. The summed E-state index contributed by atoms with van der Waals surface area (Å²) < 4.78 is 22.8. The van der Waals surface area contributed by atoms with Crippen LogP contribution in [0.4, 0.5) is 0 Å². The van der Waals surface area contributed by atoms with Gasteiger partial charge in [0.1, 0.15) is 0 Å².